The number of methoxy groups -OCH3 is 1. The maximum Gasteiger partial charge on any atom is 0.342 e. The Balaban J connectivity index is 1.97. The van der Waals surface area contributed by atoms with Gasteiger partial charge in [0.05, 0.1) is 14.3 Å². The molecule has 2 aromatic carbocycles. The van der Waals surface area contributed by atoms with Crippen LogP contribution in [0.3, 0.4) is 0 Å². The zero-order valence-electron chi connectivity index (χ0n) is 15.9. The number of carbonyl (C=O) groups is 1. The molecule has 0 saturated carbocycles. The smallest absolute Gasteiger partial charge is 0.342 e. The maximum absolute atomic E-state index is 11.9. The lowest BCUT2D eigenvalue weighted by molar-refractivity contribution is -0.131. The SMILES string of the molecule is CCn1c(S/C(=C\c2cc(I)c(OC)c(I)c2)C(=O)O)nnc1-c1ccc(Cl)cc1. The molecule has 0 spiro atoms. The predicted molar refractivity (Wildman–Crippen MR) is 136 cm³/mol. The van der Waals surface area contributed by atoms with E-state index in [-0.39, 0.29) is 4.91 Å². The topological polar surface area (TPSA) is 77.2 Å². The van der Waals surface area contributed by atoms with Gasteiger partial charge in [0, 0.05) is 17.1 Å². The van der Waals surface area contributed by atoms with Crippen molar-refractivity contribution in [2.45, 2.75) is 18.6 Å². The number of aliphatic carboxylic acids is 1. The van der Waals surface area contributed by atoms with Gasteiger partial charge in [-0.2, -0.15) is 0 Å². The molecule has 0 atom stereocenters. The van der Waals surface area contributed by atoms with Crippen LogP contribution in [0.2, 0.25) is 5.02 Å². The quantitative estimate of drug-likeness (QED) is 0.188. The van der Waals surface area contributed by atoms with Gasteiger partial charge < -0.3 is 14.4 Å². The second kappa shape index (κ2) is 10.3. The van der Waals surface area contributed by atoms with Gasteiger partial charge in [0.25, 0.3) is 0 Å². The van der Waals surface area contributed by atoms with Gasteiger partial charge in [0.2, 0.25) is 0 Å². The molecule has 10 heteroatoms. The number of thioether (sulfide) groups is 1. The molecule has 0 aliphatic heterocycles. The van der Waals surface area contributed by atoms with E-state index in [0.717, 1.165) is 35.8 Å². The van der Waals surface area contributed by atoms with Crippen molar-refractivity contribution in [2.24, 2.45) is 0 Å². The summed E-state index contributed by atoms with van der Waals surface area (Å²) >= 11 is 11.4. The van der Waals surface area contributed by atoms with Crippen LogP contribution in [0.5, 0.6) is 5.75 Å². The van der Waals surface area contributed by atoms with Gasteiger partial charge in [0.1, 0.15) is 10.7 Å². The fourth-order valence-electron chi connectivity index (χ4n) is 2.70. The molecule has 0 unspecified atom stereocenters. The van der Waals surface area contributed by atoms with Crippen LogP contribution in [0, 0.1) is 7.14 Å². The largest absolute Gasteiger partial charge is 0.495 e. The number of carboxylic acids is 1. The summed E-state index contributed by atoms with van der Waals surface area (Å²) in [4.78, 5) is 12.1. The number of nitrogens with zero attached hydrogens (tertiary/aromatic N) is 3. The first-order valence-corrected chi connectivity index (χ1v) is 12.0. The Labute approximate surface area is 210 Å². The molecule has 3 rings (SSSR count). The van der Waals surface area contributed by atoms with Crippen molar-refractivity contribution in [3.63, 3.8) is 0 Å². The Kier molecular flexibility index (Phi) is 8.04. The van der Waals surface area contributed by atoms with Crippen LogP contribution >= 0.6 is 68.5 Å². The maximum atomic E-state index is 11.9. The Bertz CT molecular complexity index is 1090. The van der Waals surface area contributed by atoms with E-state index in [2.05, 4.69) is 55.4 Å². The van der Waals surface area contributed by atoms with Crippen molar-refractivity contribution in [3.05, 3.63) is 59.0 Å². The van der Waals surface area contributed by atoms with Gasteiger partial charge in [-0.05, 0) is 112 Å². The summed E-state index contributed by atoms with van der Waals surface area (Å²) in [5.41, 5.74) is 1.63. The Hall–Kier alpha value is -1.31. The van der Waals surface area contributed by atoms with E-state index >= 15 is 0 Å². The number of ether oxygens (including phenoxy) is 1. The molecule has 0 aliphatic carbocycles. The van der Waals surface area contributed by atoms with Crippen LogP contribution in [0.15, 0.2) is 46.5 Å². The lowest BCUT2D eigenvalue weighted by atomic mass is 10.2. The third kappa shape index (κ3) is 5.29. The Morgan fingerprint density at radius 3 is 2.40 bits per heavy atom. The van der Waals surface area contributed by atoms with Crippen LogP contribution in [-0.2, 0) is 11.3 Å². The van der Waals surface area contributed by atoms with E-state index in [0.29, 0.717) is 22.5 Å². The second-order valence-electron chi connectivity index (χ2n) is 5.99. The number of aromatic nitrogens is 3. The lowest BCUT2D eigenvalue weighted by Crippen LogP contribution is -2.03. The van der Waals surface area contributed by atoms with Crippen molar-refractivity contribution in [1.29, 1.82) is 0 Å². The summed E-state index contributed by atoms with van der Waals surface area (Å²) in [6, 6.07) is 11.1. The minimum absolute atomic E-state index is 0.150. The fraction of sp³-hybridized carbons (Fsp3) is 0.150. The highest BCUT2D eigenvalue weighted by Gasteiger charge is 2.19. The standard InChI is InChI=1S/C20H16ClI2N3O3S/c1-3-26-18(12-4-6-13(21)7-5-12)24-25-20(26)30-16(19(27)28)10-11-8-14(22)17(29-2)15(23)9-11/h4-10H,3H2,1-2H3,(H,27,28)/b16-10-. The highest BCUT2D eigenvalue weighted by molar-refractivity contribution is 14.1. The molecular formula is C20H16ClI2N3O3S. The first-order valence-electron chi connectivity index (χ1n) is 8.69. The number of hydrogen-bond donors (Lipinski definition) is 1. The second-order valence-corrected chi connectivity index (χ2v) is 9.76. The van der Waals surface area contributed by atoms with Crippen LogP contribution < -0.4 is 4.74 Å². The van der Waals surface area contributed by atoms with Crippen molar-refractivity contribution >= 4 is 80.6 Å². The lowest BCUT2D eigenvalue weighted by Gasteiger charge is -2.09. The Morgan fingerprint density at radius 1 is 1.23 bits per heavy atom. The van der Waals surface area contributed by atoms with Gasteiger partial charge in [-0.15, -0.1) is 10.2 Å². The molecule has 0 saturated heterocycles. The summed E-state index contributed by atoms with van der Waals surface area (Å²) < 4.78 is 9.07. The molecule has 30 heavy (non-hydrogen) atoms. The number of rotatable bonds is 7. The summed E-state index contributed by atoms with van der Waals surface area (Å²) in [5.74, 6) is 0.408. The predicted octanol–water partition coefficient (Wildman–Crippen LogP) is 6.05. The molecule has 3 aromatic rings. The molecule has 156 valence electrons. The van der Waals surface area contributed by atoms with E-state index in [9.17, 15) is 9.90 Å². The van der Waals surface area contributed by atoms with Gasteiger partial charge in [-0.3, -0.25) is 0 Å². The molecule has 1 aromatic heterocycles. The van der Waals surface area contributed by atoms with Crippen LogP contribution in [0.25, 0.3) is 17.5 Å². The van der Waals surface area contributed by atoms with Crippen molar-refractivity contribution < 1.29 is 14.6 Å². The highest BCUT2D eigenvalue weighted by atomic mass is 127. The number of benzene rings is 2. The Morgan fingerprint density at radius 2 is 1.87 bits per heavy atom. The summed E-state index contributed by atoms with van der Waals surface area (Å²) in [5, 5.41) is 19.4. The first-order chi connectivity index (χ1) is 14.3. The van der Waals surface area contributed by atoms with E-state index in [1.54, 1.807) is 25.3 Å². The van der Waals surface area contributed by atoms with Crippen molar-refractivity contribution in [3.8, 4) is 17.1 Å². The van der Waals surface area contributed by atoms with E-state index in [1.165, 1.54) is 0 Å². The molecule has 0 radical (unpaired) electrons. The first kappa shape index (κ1) is 23.4. The van der Waals surface area contributed by atoms with Crippen LogP contribution in [0.4, 0.5) is 0 Å². The zero-order chi connectivity index (χ0) is 21.8. The van der Waals surface area contributed by atoms with Crippen molar-refractivity contribution in [2.75, 3.05) is 7.11 Å². The van der Waals surface area contributed by atoms with Gasteiger partial charge in [-0.25, -0.2) is 4.79 Å². The molecule has 0 fully saturated rings. The number of halogens is 3. The van der Waals surface area contributed by atoms with Crippen LogP contribution in [-0.4, -0.2) is 33.0 Å². The summed E-state index contributed by atoms with van der Waals surface area (Å²) in [7, 11) is 1.61. The number of hydrogen-bond acceptors (Lipinski definition) is 5. The molecule has 1 heterocycles. The zero-order valence-corrected chi connectivity index (χ0v) is 21.8. The van der Waals surface area contributed by atoms with Crippen LogP contribution in [0.1, 0.15) is 12.5 Å². The minimum Gasteiger partial charge on any atom is -0.495 e. The highest BCUT2D eigenvalue weighted by Crippen LogP contribution is 2.33. The molecule has 0 bridgehead atoms. The minimum atomic E-state index is -1.03. The average molecular weight is 668 g/mol. The van der Waals surface area contributed by atoms with Gasteiger partial charge >= 0.3 is 5.97 Å². The molecule has 0 amide bonds. The van der Waals surface area contributed by atoms with Gasteiger partial charge in [0.15, 0.2) is 11.0 Å². The molecule has 0 aliphatic rings. The van der Waals surface area contributed by atoms with Crippen molar-refractivity contribution in [1.82, 2.24) is 14.8 Å². The summed E-state index contributed by atoms with van der Waals surface area (Å²) in [6.07, 6.45) is 1.63. The average Bonchev–Trinajstić information content (AvgIpc) is 3.10. The van der Waals surface area contributed by atoms with E-state index in [1.807, 2.05) is 35.8 Å². The third-order valence-electron chi connectivity index (χ3n) is 4.07. The van der Waals surface area contributed by atoms with E-state index in [4.69, 9.17) is 16.3 Å². The van der Waals surface area contributed by atoms with E-state index < -0.39 is 5.97 Å². The van der Waals surface area contributed by atoms with Gasteiger partial charge in [-0.1, -0.05) is 11.6 Å². The molecule has 6 nitrogen and oxygen atoms in total. The number of carboxylic acid groups (broad SMARTS) is 1. The third-order valence-corrected chi connectivity index (χ3v) is 6.92. The molecule has 1 N–H and O–H groups in total. The molecular weight excluding hydrogens is 652 g/mol. The monoisotopic (exact) mass is 667 g/mol. The normalized spacial score (nSPS) is 11.6. The fourth-order valence-corrected chi connectivity index (χ4v) is 5.97. The summed E-state index contributed by atoms with van der Waals surface area (Å²) in [6.45, 7) is 2.56.